The molecule has 0 aliphatic carbocycles. The quantitative estimate of drug-likeness (QED) is 0.577. The van der Waals surface area contributed by atoms with E-state index < -0.39 is 0 Å². The number of halogens is 1. The highest BCUT2D eigenvalue weighted by Crippen LogP contribution is 2.16. The van der Waals surface area contributed by atoms with Gasteiger partial charge in [-0.3, -0.25) is 0 Å². The van der Waals surface area contributed by atoms with Crippen molar-refractivity contribution in [1.29, 1.82) is 0 Å². The first-order chi connectivity index (χ1) is 4.47. The molecule has 2 aliphatic rings. The lowest BCUT2D eigenvalue weighted by Crippen LogP contribution is -2.18. The smallest absolute Gasteiger partial charge is 0.106 e. The molecule has 2 heterocycles. The first-order valence-corrected chi connectivity index (χ1v) is 4.69. The highest BCUT2D eigenvalue weighted by Gasteiger charge is 2.07. The van der Waals surface area contributed by atoms with Gasteiger partial charge in [0.1, 0.15) is 6.34 Å². The third kappa shape index (κ3) is 0.849. The van der Waals surface area contributed by atoms with Crippen molar-refractivity contribution in [1.82, 2.24) is 4.90 Å². The Bertz CT molecular complexity index is 237. The van der Waals surface area contributed by atoms with Crippen LogP contribution in [0.1, 0.15) is 0 Å². The molecule has 2 aliphatic heterocycles. The Labute approximate surface area is 63.7 Å². The summed E-state index contributed by atoms with van der Waals surface area (Å²) in [5.74, 6) is 0. The molecule has 46 valence electrons. The van der Waals surface area contributed by atoms with E-state index in [2.05, 4.69) is 20.3 Å². The topological polar surface area (TPSA) is 15.6 Å². The van der Waals surface area contributed by atoms with Crippen molar-refractivity contribution in [3.63, 3.8) is 0 Å². The molecule has 0 aromatic carbocycles. The molecule has 0 fully saturated rings. The summed E-state index contributed by atoms with van der Waals surface area (Å²) in [6, 6.07) is 0. The molecule has 0 N–H and O–H groups in total. The van der Waals surface area contributed by atoms with Crippen LogP contribution in [0.15, 0.2) is 27.6 Å². The number of rotatable bonds is 0. The van der Waals surface area contributed by atoms with Crippen LogP contribution in [0.5, 0.6) is 0 Å². The van der Waals surface area contributed by atoms with Crippen molar-refractivity contribution in [2.75, 3.05) is 0 Å². The van der Waals surface area contributed by atoms with Gasteiger partial charge in [0.25, 0.3) is 0 Å². The van der Waals surface area contributed by atoms with Crippen LogP contribution in [0, 0.1) is 0 Å². The lowest BCUT2D eigenvalue weighted by Gasteiger charge is -2.10. The monoisotopic (exact) mass is 232 g/mol. The van der Waals surface area contributed by atoms with Gasteiger partial charge in [0.05, 0.1) is 24.6 Å². The van der Waals surface area contributed by atoms with Crippen LogP contribution in [0.25, 0.3) is 0 Å². The number of hydrogen-bond donors (Lipinski definition) is 0. The molecule has 0 atom stereocenters. The zero-order valence-electron chi connectivity index (χ0n) is 4.66. The summed E-state index contributed by atoms with van der Waals surface area (Å²) in [6.45, 7) is 0. The Morgan fingerprint density at radius 2 is 2.44 bits per heavy atom. The zero-order valence-corrected chi connectivity index (χ0v) is 6.82. The lowest BCUT2D eigenvalue weighted by atomic mass is 10.4. The standard InChI is InChI=1S/C6H5IN2/c1-2-4-9-5-8-7-6(9)3-1/h1-5H. The van der Waals surface area contributed by atoms with Crippen molar-refractivity contribution >= 4 is 31.0 Å². The second kappa shape index (κ2) is 2.06. The van der Waals surface area contributed by atoms with E-state index in [0.29, 0.717) is 0 Å². The zero-order chi connectivity index (χ0) is 6.10. The molecule has 0 radical (unpaired) electrons. The minimum atomic E-state index is -0.0451. The molecule has 2 nitrogen and oxygen atoms in total. The molecule has 0 amide bonds. The van der Waals surface area contributed by atoms with Crippen LogP contribution in [0.4, 0.5) is 0 Å². The molecule has 9 heavy (non-hydrogen) atoms. The van der Waals surface area contributed by atoms with Crippen LogP contribution in [-0.2, 0) is 0 Å². The van der Waals surface area contributed by atoms with E-state index in [-0.39, 0.29) is 21.0 Å². The van der Waals surface area contributed by atoms with Gasteiger partial charge in [-0.1, -0.05) is 6.08 Å². The Balaban J connectivity index is 2.40. The third-order valence-electron chi connectivity index (χ3n) is 1.14. The highest BCUT2D eigenvalue weighted by atomic mass is 127. The van der Waals surface area contributed by atoms with Crippen LogP contribution < -0.4 is 0 Å². The van der Waals surface area contributed by atoms with Gasteiger partial charge in [-0.2, -0.15) is 0 Å². The summed E-state index contributed by atoms with van der Waals surface area (Å²) in [7, 11) is 0. The van der Waals surface area contributed by atoms with Crippen molar-refractivity contribution < 1.29 is 0 Å². The van der Waals surface area contributed by atoms with E-state index >= 15 is 0 Å². The molecule has 0 saturated carbocycles. The Morgan fingerprint density at radius 1 is 1.44 bits per heavy atom. The van der Waals surface area contributed by atoms with Crippen LogP contribution in [0.2, 0.25) is 0 Å². The van der Waals surface area contributed by atoms with Crippen molar-refractivity contribution in [3.8, 4) is 0 Å². The largest absolute Gasteiger partial charge is 0.301 e. The predicted molar refractivity (Wildman–Crippen MR) is 47.6 cm³/mol. The maximum atomic E-state index is 4.20. The Kier molecular flexibility index (Phi) is 1.22. The molecule has 0 aromatic heterocycles. The lowest BCUT2D eigenvalue weighted by molar-refractivity contribution is 0.883. The van der Waals surface area contributed by atoms with E-state index in [1.54, 1.807) is 0 Å². The van der Waals surface area contributed by atoms with Gasteiger partial charge in [-0.05, 0) is 12.2 Å². The first kappa shape index (κ1) is 5.34. The molecule has 2 rings (SSSR count). The van der Waals surface area contributed by atoms with Crippen molar-refractivity contribution in [2.45, 2.75) is 0 Å². The van der Waals surface area contributed by atoms with Gasteiger partial charge in [0.15, 0.2) is 0 Å². The van der Waals surface area contributed by atoms with Crippen LogP contribution >= 0.6 is 21.0 Å². The van der Waals surface area contributed by atoms with E-state index in [0.717, 1.165) is 0 Å². The van der Waals surface area contributed by atoms with Crippen LogP contribution in [-0.4, -0.2) is 14.9 Å². The average molecular weight is 232 g/mol. The van der Waals surface area contributed by atoms with Gasteiger partial charge >= 0.3 is 0 Å². The molecule has 0 saturated heterocycles. The molecule has 0 spiro atoms. The summed E-state index contributed by atoms with van der Waals surface area (Å²) >= 11 is -0.0451. The summed E-state index contributed by atoms with van der Waals surface area (Å²) < 4.78 is 5.57. The molecule has 0 aromatic rings. The third-order valence-corrected chi connectivity index (χ3v) is 3.08. The molecule has 0 unspecified atom stereocenters. The minimum absolute atomic E-state index is 0.0451. The van der Waals surface area contributed by atoms with Gasteiger partial charge in [-0.15, -0.1) is 0 Å². The second-order valence-electron chi connectivity index (χ2n) is 1.73. The maximum absolute atomic E-state index is 4.20. The normalized spacial score (nSPS) is 21.3. The van der Waals surface area contributed by atoms with E-state index in [1.807, 2.05) is 18.6 Å². The first-order valence-electron chi connectivity index (χ1n) is 2.64. The van der Waals surface area contributed by atoms with Crippen molar-refractivity contribution in [3.05, 3.63) is 24.4 Å². The maximum Gasteiger partial charge on any atom is 0.106 e. The molecule has 3 heteroatoms. The fraction of sp³-hybridized carbons (Fsp3) is 0. The van der Waals surface area contributed by atoms with Gasteiger partial charge in [0.2, 0.25) is 0 Å². The van der Waals surface area contributed by atoms with Crippen molar-refractivity contribution in [2.24, 2.45) is 3.21 Å². The fourth-order valence-corrected chi connectivity index (χ4v) is 2.30. The predicted octanol–water partition coefficient (Wildman–Crippen LogP) is 1.43. The average Bonchev–Trinajstić information content (AvgIpc) is 2.33. The second-order valence-corrected chi connectivity index (χ2v) is 3.87. The highest BCUT2D eigenvalue weighted by molar-refractivity contribution is 14.2. The summed E-state index contributed by atoms with van der Waals surface area (Å²) in [6.07, 6.45) is 10.1. The number of fused-ring (bicyclic) bond motifs is 1. The van der Waals surface area contributed by atoms with E-state index in [1.165, 1.54) is 3.63 Å². The summed E-state index contributed by atoms with van der Waals surface area (Å²) in [5, 5.41) is 0. The number of allylic oxidation sites excluding steroid dienone is 2. The fourth-order valence-electron chi connectivity index (χ4n) is 0.719. The number of hydrogen-bond acceptors (Lipinski definition) is 2. The van der Waals surface area contributed by atoms with Gasteiger partial charge in [0, 0.05) is 6.20 Å². The van der Waals surface area contributed by atoms with Gasteiger partial charge < -0.3 is 4.90 Å². The molecular formula is C6H5IN2. The molecular weight excluding hydrogens is 227 g/mol. The van der Waals surface area contributed by atoms with Crippen LogP contribution in [0.3, 0.4) is 0 Å². The Morgan fingerprint density at radius 3 is 3.33 bits per heavy atom. The molecule has 0 bridgehead atoms. The Hall–Kier alpha value is -0.450. The number of nitrogens with zero attached hydrogens (tertiary/aromatic N) is 2. The SMILES string of the molecule is C1=CC2=IN=CN2C=C1. The summed E-state index contributed by atoms with van der Waals surface area (Å²) in [4.78, 5) is 2.08. The van der Waals surface area contributed by atoms with Gasteiger partial charge in [-0.25, -0.2) is 3.21 Å². The minimum Gasteiger partial charge on any atom is -0.301 e. The van der Waals surface area contributed by atoms with E-state index in [9.17, 15) is 0 Å². The van der Waals surface area contributed by atoms with E-state index in [4.69, 9.17) is 0 Å². The summed E-state index contributed by atoms with van der Waals surface area (Å²) in [5.41, 5.74) is 0.